The third kappa shape index (κ3) is 3.50. The van der Waals surface area contributed by atoms with E-state index in [2.05, 4.69) is 10.1 Å². The minimum atomic E-state index is -4.02. The first-order valence-electron chi connectivity index (χ1n) is 7.89. The van der Waals surface area contributed by atoms with Crippen LogP contribution in [0, 0.1) is 11.6 Å². The van der Waals surface area contributed by atoms with Crippen molar-refractivity contribution >= 4 is 21.4 Å². The van der Waals surface area contributed by atoms with Crippen LogP contribution >= 0.6 is 11.3 Å². The van der Waals surface area contributed by atoms with Crippen molar-refractivity contribution < 1.29 is 26.5 Å². The molecular formula is C16H13F2N3O4S2. The molecule has 27 heavy (non-hydrogen) atoms. The number of thiophene rings is 1. The summed E-state index contributed by atoms with van der Waals surface area (Å²) in [6.07, 6.45) is -0.750. The zero-order valence-corrected chi connectivity index (χ0v) is 15.3. The fraction of sp³-hybridized carbons (Fsp3) is 0.250. The number of halogens is 2. The first kappa shape index (κ1) is 18.2. The summed E-state index contributed by atoms with van der Waals surface area (Å²) in [6, 6.07) is 6.16. The Morgan fingerprint density at radius 2 is 2.07 bits per heavy atom. The summed E-state index contributed by atoms with van der Waals surface area (Å²) in [4.78, 5) is 4.75. The average molecular weight is 413 g/mol. The predicted octanol–water partition coefficient (Wildman–Crippen LogP) is 2.84. The molecule has 4 rings (SSSR count). The lowest BCUT2D eigenvalue weighted by Crippen LogP contribution is -2.42. The lowest BCUT2D eigenvalue weighted by molar-refractivity contribution is -0.0199. The molecule has 0 spiro atoms. The van der Waals surface area contributed by atoms with Crippen LogP contribution in [0.4, 0.5) is 8.78 Å². The Balaban J connectivity index is 1.56. The van der Waals surface area contributed by atoms with Crippen LogP contribution in [0.1, 0.15) is 12.0 Å². The van der Waals surface area contributed by atoms with Gasteiger partial charge in [-0.25, -0.2) is 17.2 Å². The topological polar surface area (TPSA) is 85.5 Å². The molecule has 1 aliphatic rings. The molecule has 7 nitrogen and oxygen atoms in total. The van der Waals surface area contributed by atoms with Crippen molar-refractivity contribution in [3.8, 4) is 10.7 Å². The van der Waals surface area contributed by atoms with Crippen LogP contribution in [0.25, 0.3) is 10.7 Å². The van der Waals surface area contributed by atoms with Crippen molar-refractivity contribution in [3.05, 3.63) is 53.2 Å². The number of ether oxygens (including phenoxy) is 1. The van der Waals surface area contributed by atoms with Gasteiger partial charge in [0.25, 0.3) is 5.89 Å². The minimum absolute atomic E-state index is 0.0732. The predicted molar refractivity (Wildman–Crippen MR) is 91.4 cm³/mol. The number of aromatic nitrogens is 2. The lowest BCUT2D eigenvalue weighted by Gasteiger charge is -2.30. The van der Waals surface area contributed by atoms with E-state index in [9.17, 15) is 17.2 Å². The van der Waals surface area contributed by atoms with Gasteiger partial charge in [0.15, 0.2) is 17.7 Å². The Morgan fingerprint density at radius 3 is 2.81 bits per heavy atom. The Morgan fingerprint density at radius 1 is 1.22 bits per heavy atom. The molecule has 1 aliphatic heterocycles. The Hall–Kier alpha value is -2.21. The second kappa shape index (κ2) is 7.08. The van der Waals surface area contributed by atoms with E-state index < -0.39 is 27.8 Å². The van der Waals surface area contributed by atoms with Crippen molar-refractivity contribution in [2.45, 2.75) is 11.0 Å². The van der Waals surface area contributed by atoms with Gasteiger partial charge in [-0.05, 0) is 29.6 Å². The van der Waals surface area contributed by atoms with Crippen LogP contribution in [-0.4, -0.2) is 42.6 Å². The summed E-state index contributed by atoms with van der Waals surface area (Å²) in [7, 11) is -4.02. The number of hydrogen-bond acceptors (Lipinski definition) is 7. The molecule has 1 fully saturated rings. The van der Waals surface area contributed by atoms with E-state index in [1.165, 1.54) is 11.3 Å². The molecule has 142 valence electrons. The summed E-state index contributed by atoms with van der Waals surface area (Å²) >= 11 is 1.44. The molecule has 11 heteroatoms. The number of sulfonamides is 1. The van der Waals surface area contributed by atoms with E-state index in [1.807, 2.05) is 17.5 Å². The van der Waals surface area contributed by atoms with Gasteiger partial charge >= 0.3 is 0 Å². The normalized spacial score (nSPS) is 18.7. The molecule has 0 unspecified atom stereocenters. The van der Waals surface area contributed by atoms with E-state index in [1.54, 1.807) is 0 Å². The largest absolute Gasteiger partial charge is 0.366 e. The van der Waals surface area contributed by atoms with E-state index in [4.69, 9.17) is 9.26 Å². The molecule has 2 aromatic heterocycles. The Bertz CT molecular complexity index is 1050. The van der Waals surface area contributed by atoms with Crippen LogP contribution in [0.5, 0.6) is 0 Å². The maximum absolute atomic E-state index is 13.4. The van der Waals surface area contributed by atoms with E-state index in [0.29, 0.717) is 11.9 Å². The fourth-order valence-corrected chi connectivity index (χ4v) is 4.74. The highest BCUT2D eigenvalue weighted by molar-refractivity contribution is 7.89. The van der Waals surface area contributed by atoms with E-state index >= 15 is 0 Å². The third-order valence-corrected chi connectivity index (χ3v) is 6.74. The van der Waals surface area contributed by atoms with Crippen molar-refractivity contribution in [3.63, 3.8) is 0 Å². The molecule has 1 saturated heterocycles. The molecule has 0 N–H and O–H groups in total. The maximum atomic E-state index is 13.4. The monoisotopic (exact) mass is 413 g/mol. The zero-order chi connectivity index (χ0) is 19.0. The van der Waals surface area contributed by atoms with Gasteiger partial charge in [-0.1, -0.05) is 11.2 Å². The third-order valence-electron chi connectivity index (χ3n) is 4.02. The van der Waals surface area contributed by atoms with Crippen LogP contribution < -0.4 is 0 Å². The molecule has 1 atom stereocenters. The fourth-order valence-electron chi connectivity index (χ4n) is 2.65. The van der Waals surface area contributed by atoms with E-state index in [0.717, 1.165) is 21.3 Å². The zero-order valence-electron chi connectivity index (χ0n) is 13.7. The van der Waals surface area contributed by atoms with Crippen molar-refractivity contribution in [2.75, 3.05) is 19.7 Å². The van der Waals surface area contributed by atoms with Gasteiger partial charge in [0, 0.05) is 13.1 Å². The Kier molecular flexibility index (Phi) is 4.76. The first-order chi connectivity index (χ1) is 12.9. The van der Waals surface area contributed by atoms with Crippen LogP contribution in [0.2, 0.25) is 0 Å². The van der Waals surface area contributed by atoms with Gasteiger partial charge in [0.05, 0.1) is 16.4 Å². The minimum Gasteiger partial charge on any atom is -0.366 e. The van der Waals surface area contributed by atoms with Crippen LogP contribution in [0.3, 0.4) is 0 Å². The first-order valence-corrected chi connectivity index (χ1v) is 10.2. The van der Waals surface area contributed by atoms with Crippen molar-refractivity contribution in [2.24, 2.45) is 0 Å². The van der Waals surface area contributed by atoms with Gasteiger partial charge in [-0.15, -0.1) is 11.3 Å². The summed E-state index contributed by atoms with van der Waals surface area (Å²) in [5.41, 5.74) is 0. The Labute approximate surface area is 157 Å². The number of benzene rings is 1. The van der Waals surface area contributed by atoms with Crippen LogP contribution in [0.15, 0.2) is 45.1 Å². The summed E-state index contributed by atoms with van der Waals surface area (Å²) < 4.78 is 63.9. The summed E-state index contributed by atoms with van der Waals surface area (Å²) in [5, 5.41) is 5.76. The quantitative estimate of drug-likeness (QED) is 0.654. The number of morpholine rings is 1. The molecule has 0 radical (unpaired) electrons. The second-order valence-corrected chi connectivity index (χ2v) is 8.62. The van der Waals surface area contributed by atoms with Crippen molar-refractivity contribution in [1.29, 1.82) is 0 Å². The molecule has 0 aliphatic carbocycles. The molecule has 0 bridgehead atoms. The average Bonchev–Trinajstić information content (AvgIpc) is 3.35. The molecule has 3 heterocycles. The standard InChI is InChI=1S/C16H13F2N3O4S2/c17-11-4-3-10(8-12(11)18)27(22,23)21-5-6-24-13(9-21)16-19-15(20-25-16)14-2-1-7-26-14/h1-4,7-8,13H,5-6,9H2/t13-/m1/s1. The van der Waals surface area contributed by atoms with Gasteiger partial charge in [0.2, 0.25) is 15.8 Å². The van der Waals surface area contributed by atoms with Gasteiger partial charge < -0.3 is 9.26 Å². The lowest BCUT2D eigenvalue weighted by atomic mass is 10.3. The SMILES string of the molecule is O=S(=O)(c1ccc(F)c(F)c1)N1CCO[C@@H](c2nc(-c3cccs3)no2)C1. The van der Waals surface area contributed by atoms with Gasteiger partial charge in [0.1, 0.15) is 0 Å². The highest BCUT2D eigenvalue weighted by atomic mass is 32.2. The molecule has 3 aromatic rings. The van der Waals surface area contributed by atoms with Crippen LogP contribution in [-0.2, 0) is 14.8 Å². The molecule has 0 saturated carbocycles. The number of hydrogen-bond donors (Lipinski definition) is 0. The smallest absolute Gasteiger partial charge is 0.257 e. The number of nitrogens with zero attached hydrogens (tertiary/aromatic N) is 3. The highest BCUT2D eigenvalue weighted by Gasteiger charge is 2.34. The molecular weight excluding hydrogens is 400 g/mol. The summed E-state index contributed by atoms with van der Waals surface area (Å²) in [6.45, 7) is 0.0986. The van der Waals surface area contributed by atoms with Crippen molar-refractivity contribution in [1.82, 2.24) is 14.4 Å². The summed E-state index contributed by atoms with van der Waals surface area (Å²) in [5.74, 6) is -1.79. The van der Waals surface area contributed by atoms with Gasteiger partial charge in [-0.3, -0.25) is 0 Å². The maximum Gasteiger partial charge on any atom is 0.257 e. The highest BCUT2D eigenvalue weighted by Crippen LogP contribution is 2.28. The van der Waals surface area contributed by atoms with Gasteiger partial charge in [-0.2, -0.15) is 9.29 Å². The molecule has 1 aromatic carbocycles. The number of rotatable bonds is 4. The van der Waals surface area contributed by atoms with E-state index in [-0.39, 0.29) is 30.5 Å². The second-order valence-electron chi connectivity index (χ2n) is 5.73. The molecule has 0 amide bonds.